The van der Waals surface area contributed by atoms with Gasteiger partial charge in [0.2, 0.25) is 0 Å². The molecule has 45 heavy (non-hydrogen) atoms. The zero-order valence-corrected chi connectivity index (χ0v) is 26.3. The van der Waals surface area contributed by atoms with Crippen LogP contribution in [0.15, 0.2) is 60.7 Å². The molecule has 0 aliphatic heterocycles. The van der Waals surface area contributed by atoms with Gasteiger partial charge in [-0.2, -0.15) is 0 Å². The highest BCUT2D eigenvalue weighted by molar-refractivity contribution is 5.92. The van der Waals surface area contributed by atoms with E-state index < -0.39 is 55.8 Å². The Morgan fingerprint density at radius 1 is 0.667 bits per heavy atom. The molecular formula is C36H44F4O5. The number of hydrogen-bond donors (Lipinski definition) is 0. The van der Waals surface area contributed by atoms with Gasteiger partial charge >= 0.3 is 11.9 Å². The maximum absolute atomic E-state index is 14.1. The normalized spacial score (nSPS) is 14.7. The summed E-state index contributed by atoms with van der Waals surface area (Å²) in [5, 5.41) is 1.54. The molecule has 246 valence electrons. The van der Waals surface area contributed by atoms with E-state index in [0.29, 0.717) is 29.9 Å². The van der Waals surface area contributed by atoms with Gasteiger partial charge in [0.15, 0.2) is 12.3 Å². The lowest BCUT2D eigenvalue weighted by Gasteiger charge is -2.16. The fraction of sp³-hybridized carbons (Fsp3) is 0.500. The third kappa shape index (κ3) is 11.4. The van der Waals surface area contributed by atoms with Gasteiger partial charge in [-0.15, -0.1) is 0 Å². The first-order chi connectivity index (χ1) is 21.6. The highest BCUT2D eigenvalue weighted by Crippen LogP contribution is 2.27. The van der Waals surface area contributed by atoms with E-state index in [1.165, 1.54) is 24.3 Å². The Morgan fingerprint density at radius 2 is 1.22 bits per heavy atom. The molecule has 9 heteroatoms. The summed E-state index contributed by atoms with van der Waals surface area (Å²) >= 11 is 0. The van der Waals surface area contributed by atoms with Gasteiger partial charge in [0.05, 0.1) is 11.5 Å². The van der Waals surface area contributed by atoms with Gasteiger partial charge in [0.25, 0.3) is 0 Å². The van der Waals surface area contributed by atoms with Gasteiger partial charge in [-0.3, -0.25) is 4.79 Å². The van der Waals surface area contributed by atoms with Crippen LogP contribution in [0, 0.1) is 0 Å². The van der Waals surface area contributed by atoms with Crippen LogP contribution in [0.2, 0.25) is 0 Å². The van der Waals surface area contributed by atoms with Crippen LogP contribution in [0.4, 0.5) is 17.6 Å². The number of unbranched alkanes of at least 4 members (excludes halogenated alkanes) is 4. The van der Waals surface area contributed by atoms with Crippen LogP contribution < -0.4 is 9.47 Å². The summed E-state index contributed by atoms with van der Waals surface area (Å²) in [5.74, 6) is -1.32. The predicted molar refractivity (Wildman–Crippen MR) is 168 cm³/mol. The Hall–Kier alpha value is -3.62. The first-order valence-electron chi connectivity index (χ1n) is 15.8. The molecule has 3 rings (SSSR count). The lowest BCUT2D eigenvalue weighted by atomic mass is 9.98. The van der Waals surface area contributed by atoms with Gasteiger partial charge < -0.3 is 14.2 Å². The maximum atomic E-state index is 14.1. The van der Waals surface area contributed by atoms with Crippen LogP contribution in [0.3, 0.4) is 0 Å². The zero-order valence-electron chi connectivity index (χ0n) is 26.3. The van der Waals surface area contributed by atoms with Gasteiger partial charge in [0, 0.05) is 0 Å². The predicted octanol–water partition coefficient (Wildman–Crippen LogP) is 9.60. The molecule has 0 bridgehead atoms. The number of ether oxygens (including phenoxy) is 3. The Bertz CT molecular complexity index is 1350. The van der Waals surface area contributed by atoms with Gasteiger partial charge in [-0.05, 0) is 72.5 Å². The summed E-state index contributed by atoms with van der Waals surface area (Å²) in [4.78, 5) is 25.2. The van der Waals surface area contributed by atoms with E-state index in [1.54, 1.807) is 43.3 Å². The summed E-state index contributed by atoms with van der Waals surface area (Å²) in [6, 6.07) is 16.3. The van der Waals surface area contributed by atoms with Crippen molar-refractivity contribution in [3.05, 3.63) is 71.8 Å². The van der Waals surface area contributed by atoms with Crippen molar-refractivity contribution in [1.82, 2.24) is 0 Å². The summed E-state index contributed by atoms with van der Waals surface area (Å²) in [5.41, 5.74) is 0.896. The lowest BCUT2D eigenvalue weighted by Crippen LogP contribution is -2.26. The number of rotatable bonds is 19. The lowest BCUT2D eigenvalue weighted by molar-refractivity contribution is -0.147. The van der Waals surface area contributed by atoms with Crippen LogP contribution in [-0.4, -0.2) is 49.8 Å². The van der Waals surface area contributed by atoms with Crippen molar-refractivity contribution in [3.8, 4) is 11.5 Å². The number of carbonyl (C=O) groups is 2. The van der Waals surface area contributed by atoms with Gasteiger partial charge in [-0.1, -0.05) is 76.6 Å². The van der Waals surface area contributed by atoms with E-state index in [0.717, 1.165) is 36.5 Å². The van der Waals surface area contributed by atoms with E-state index in [-0.39, 0.29) is 18.4 Å². The van der Waals surface area contributed by atoms with Gasteiger partial charge in [0.1, 0.15) is 37.1 Å². The van der Waals surface area contributed by atoms with Crippen LogP contribution >= 0.6 is 0 Å². The van der Waals surface area contributed by atoms with Crippen molar-refractivity contribution in [2.75, 3.05) is 13.2 Å². The average Bonchev–Trinajstić information content (AvgIpc) is 3.05. The van der Waals surface area contributed by atoms with Crippen LogP contribution in [0.5, 0.6) is 11.5 Å². The van der Waals surface area contributed by atoms with Crippen molar-refractivity contribution in [1.29, 1.82) is 0 Å². The largest absolute Gasteiger partial charge is 0.490 e. The van der Waals surface area contributed by atoms with E-state index in [9.17, 15) is 27.2 Å². The highest BCUT2D eigenvalue weighted by Gasteiger charge is 2.24. The van der Waals surface area contributed by atoms with Gasteiger partial charge in [-0.25, -0.2) is 22.4 Å². The fourth-order valence-electron chi connectivity index (χ4n) is 4.78. The number of carbonyl (C=O) groups excluding carboxylic acids is 2. The Balaban J connectivity index is 1.51. The van der Waals surface area contributed by atoms with Crippen LogP contribution in [0.25, 0.3) is 10.8 Å². The highest BCUT2D eigenvalue weighted by atomic mass is 19.2. The molecule has 0 fully saturated rings. The number of esters is 2. The quantitative estimate of drug-likeness (QED) is 0.0570. The van der Waals surface area contributed by atoms with Crippen molar-refractivity contribution in [2.45, 2.75) is 103 Å². The minimum atomic E-state index is -1.86. The van der Waals surface area contributed by atoms with Crippen LogP contribution in [0.1, 0.15) is 94.0 Å². The molecule has 0 heterocycles. The minimum Gasteiger partial charge on any atom is -0.490 e. The number of hydrogen-bond acceptors (Lipinski definition) is 5. The molecule has 3 aromatic rings. The number of benzene rings is 3. The molecule has 0 aromatic heterocycles. The Kier molecular flexibility index (Phi) is 14.6. The molecule has 5 nitrogen and oxygen atoms in total. The van der Waals surface area contributed by atoms with Crippen molar-refractivity contribution < 1.29 is 41.4 Å². The minimum absolute atomic E-state index is 0.107. The third-order valence-electron chi connectivity index (χ3n) is 7.74. The molecular weight excluding hydrogens is 588 g/mol. The molecule has 0 unspecified atom stereocenters. The van der Waals surface area contributed by atoms with Crippen molar-refractivity contribution >= 4 is 22.7 Å². The van der Waals surface area contributed by atoms with Crippen LogP contribution in [-0.2, 0) is 9.53 Å². The molecule has 0 saturated carbocycles. The molecule has 0 radical (unpaired) electrons. The smallest absolute Gasteiger partial charge is 0.343 e. The second-order valence-electron chi connectivity index (χ2n) is 11.4. The first kappa shape index (κ1) is 35.9. The third-order valence-corrected chi connectivity index (χ3v) is 7.74. The second kappa shape index (κ2) is 18.4. The molecule has 0 aliphatic rings. The molecule has 0 saturated heterocycles. The van der Waals surface area contributed by atoms with E-state index in [1.807, 2.05) is 13.8 Å². The second-order valence-corrected chi connectivity index (χ2v) is 11.4. The molecule has 0 spiro atoms. The number of fused-ring (bicyclic) bond motifs is 1. The summed E-state index contributed by atoms with van der Waals surface area (Å²) in [7, 11) is 0. The topological polar surface area (TPSA) is 61.8 Å². The molecule has 5 atom stereocenters. The first-order valence-corrected chi connectivity index (χ1v) is 15.8. The summed E-state index contributed by atoms with van der Waals surface area (Å²) in [6.07, 6.45) is -1.78. The maximum Gasteiger partial charge on any atom is 0.343 e. The molecule has 0 aliphatic carbocycles. The van der Waals surface area contributed by atoms with E-state index in [2.05, 4.69) is 0 Å². The van der Waals surface area contributed by atoms with Crippen molar-refractivity contribution in [3.63, 3.8) is 0 Å². The zero-order chi connectivity index (χ0) is 32.8. The Morgan fingerprint density at radius 3 is 1.84 bits per heavy atom. The van der Waals surface area contributed by atoms with Crippen molar-refractivity contribution in [2.24, 2.45) is 0 Å². The standard InChI is InChI=1S/C36H44F4O5/c1-4-6-8-10-31(37)33(39)22-43-29-17-14-25(15-18-29)36(42)45-30-19-16-27-20-26(12-13-28(27)21-30)24(3)35(41)44-23-34(40)32(38)11-9-7-5-2/h12-21,24,31-34H,4-11,22-23H2,1-3H3/t24-,31+,32+,33+,34+/m0/s1. The fourth-order valence-corrected chi connectivity index (χ4v) is 4.78. The molecule has 3 aromatic carbocycles. The average molecular weight is 633 g/mol. The summed E-state index contributed by atoms with van der Waals surface area (Å²) < 4.78 is 72.1. The number of alkyl halides is 4. The summed E-state index contributed by atoms with van der Waals surface area (Å²) in [6.45, 7) is 4.59. The SMILES string of the molecule is CCCCC[C@@H](F)[C@H](F)COC(=O)[C@@H](C)c1ccc2cc(OC(=O)c3ccc(OC[C@@H](F)[C@H](F)CCCCC)cc3)ccc2c1. The monoisotopic (exact) mass is 632 g/mol. The van der Waals surface area contributed by atoms with E-state index >= 15 is 0 Å². The number of halogens is 4. The molecule has 0 amide bonds. The van der Waals surface area contributed by atoms with E-state index in [4.69, 9.17) is 14.2 Å². The Labute approximate surface area is 263 Å². The molecule has 0 N–H and O–H groups in total.